The van der Waals surface area contributed by atoms with Gasteiger partial charge in [-0.2, -0.15) is 0 Å². The van der Waals surface area contributed by atoms with Crippen LogP contribution in [0.2, 0.25) is 0 Å². The first-order chi connectivity index (χ1) is 7.27. The molecule has 1 atom stereocenters. The van der Waals surface area contributed by atoms with Crippen molar-refractivity contribution in [2.24, 2.45) is 5.84 Å². The minimum absolute atomic E-state index is 0.0802. The molecule has 0 saturated carbocycles. The predicted octanol–water partition coefficient (Wildman–Crippen LogP) is 1.15. The van der Waals surface area contributed by atoms with E-state index in [2.05, 4.69) is 10.4 Å². The number of methoxy groups -OCH3 is 1. The lowest BCUT2D eigenvalue weighted by molar-refractivity contribution is 0.188. The summed E-state index contributed by atoms with van der Waals surface area (Å²) in [5, 5.41) is 0. The Kier molecular flexibility index (Phi) is 5.17. The van der Waals surface area contributed by atoms with Crippen molar-refractivity contribution >= 4 is 0 Å². The molecule has 0 aromatic carbocycles. The summed E-state index contributed by atoms with van der Waals surface area (Å²) >= 11 is 0. The molecule has 0 saturated heterocycles. The van der Waals surface area contributed by atoms with Gasteiger partial charge in [0.15, 0.2) is 0 Å². The summed E-state index contributed by atoms with van der Waals surface area (Å²) in [7, 11) is 1.65. The Bertz CT molecular complexity index is 296. The molecule has 0 fully saturated rings. The third-order valence-corrected chi connectivity index (χ3v) is 2.17. The summed E-state index contributed by atoms with van der Waals surface area (Å²) in [4.78, 5) is 3.78. The molecule has 1 rings (SSSR count). The molecule has 84 valence electrons. The fourth-order valence-corrected chi connectivity index (χ4v) is 1.40. The van der Waals surface area contributed by atoms with E-state index in [0.717, 1.165) is 18.4 Å². The molecule has 0 spiro atoms. The topological polar surface area (TPSA) is 60.2 Å². The number of nitrogens with two attached hydrogens (primary N) is 1. The Morgan fingerprint density at radius 2 is 2.40 bits per heavy atom. The lowest BCUT2D eigenvalue weighted by atomic mass is 10.1. The smallest absolute Gasteiger partial charge is 0.141 e. The summed E-state index contributed by atoms with van der Waals surface area (Å²) in [6, 6.07) is 1.35. The van der Waals surface area contributed by atoms with Gasteiger partial charge >= 0.3 is 0 Å². The van der Waals surface area contributed by atoms with Crippen LogP contribution in [0.4, 0.5) is 4.39 Å². The van der Waals surface area contributed by atoms with Crippen molar-refractivity contribution in [3.63, 3.8) is 0 Å². The molecule has 0 aliphatic heterocycles. The number of halogens is 1. The van der Waals surface area contributed by atoms with Gasteiger partial charge in [-0.3, -0.25) is 16.3 Å². The molecule has 0 aliphatic carbocycles. The van der Waals surface area contributed by atoms with E-state index in [0.29, 0.717) is 6.61 Å². The minimum Gasteiger partial charge on any atom is -0.385 e. The molecule has 3 N–H and O–H groups in total. The molecule has 1 aromatic rings. The summed E-state index contributed by atoms with van der Waals surface area (Å²) < 4.78 is 17.8. The Balaban J connectivity index is 2.57. The first-order valence-corrected chi connectivity index (χ1v) is 4.83. The maximum absolute atomic E-state index is 12.9. The van der Waals surface area contributed by atoms with Crippen LogP contribution in [-0.4, -0.2) is 18.7 Å². The van der Waals surface area contributed by atoms with E-state index in [4.69, 9.17) is 10.6 Å². The largest absolute Gasteiger partial charge is 0.385 e. The van der Waals surface area contributed by atoms with E-state index >= 15 is 0 Å². The van der Waals surface area contributed by atoms with Gasteiger partial charge in [0.2, 0.25) is 0 Å². The molecule has 1 heterocycles. The molecule has 4 nitrogen and oxygen atoms in total. The van der Waals surface area contributed by atoms with E-state index in [9.17, 15) is 4.39 Å². The first kappa shape index (κ1) is 12.0. The zero-order valence-corrected chi connectivity index (χ0v) is 8.74. The highest BCUT2D eigenvalue weighted by Gasteiger charge is 2.10. The third-order valence-electron chi connectivity index (χ3n) is 2.17. The van der Waals surface area contributed by atoms with Gasteiger partial charge in [-0.25, -0.2) is 4.39 Å². The molecule has 0 aliphatic rings. The number of rotatable bonds is 6. The molecule has 0 amide bonds. The number of nitrogens with zero attached hydrogens (tertiary/aromatic N) is 1. The van der Waals surface area contributed by atoms with Crippen molar-refractivity contribution < 1.29 is 9.13 Å². The van der Waals surface area contributed by atoms with Gasteiger partial charge in [0.05, 0.1) is 6.20 Å². The summed E-state index contributed by atoms with van der Waals surface area (Å²) in [6.45, 7) is 0.668. The van der Waals surface area contributed by atoms with E-state index < -0.39 is 0 Å². The lowest BCUT2D eigenvalue weighted by Gasteiger charge is -2.15. The Hall–Kier alpha value is -1.04. The predicted molar refractivity (Wildman–Crippen MR) is 55.4 cm³/mol. The zero-order chi connectivity index (χ0) is 11.1. The summed E-state index contributed by atoms with van der Waals surface area (Å²) in [5.74, 6) is 5.05. The standard InChI is InChI=1S/C10H16FN3O/c1-15-4-2-3-10(14-12)8-5-9(11)7-13-6-8/h5-7,10,14H,2-4,12H2,1H3. The van der Waals surface area contributed by atoms with Crippen LogP contribution in [-0.2, 0) is 4.74 Å². The molecule has 1 unspecified atom stereocenters. The number of ether oxygens (including phenoxy) is 1. The van der Waals surface area contributed by atoms with Gasteiger partial charge in [0.1, 0.15) is 5.82 Å². The molecule has 0 bridgehead atoms. The van der Waals surface area contributed by atoms with Gasteiger partial charge in [-0.1, -0.05) is 0 Å². The van der Waals surface area contributed by atoms with Crippen LogP contribution in [0.25, 0.3) is 0 Å². The van der Waals surface area contributed by atoms with E-state index in [1.807, 2.05) is 0 Å². The van der Waals surface area contributed by atoms with Crippen molar-refractivity contribution in [1.29, 1.82) is 0 Å². The van der Waals surface area contributed by atoms with Crippen LogP contribution in [0.3, 0.4) is 0 Å². The van der Waals surface area contributed by atoms with Crippen molar-refractivity contribution in [2.75, 3.05) is 13.7 Å². The number of hydrogen-bond donors (Lipinski definition) is 2. The van der Waals surface area contributed by atoms with Crippen molar-refractivity contribution in [3.05, 3.63) is 29.8 Å². The number of pyridine rings is 1. The van der Waals surface area contributed by atoms with Crippen molar-refractivity contribution in [2.45, 2.75) is 18.9 Å². The molecule has 15 heavy (non-hydrogen) atoms. The highest BCUT2D eigenvalue weighted by molar-refractivity contribution is 5.14. The molecular weight excluding hydrogens is 197 g/mol. The number of hydrazine groups is 1. The molecule has 5 heteroatoms. The second-order valence-electron chi connectivity index (χ2n) is 3.29. The highest BCUT2D eigenvalue weighted by atomic mass is 19.1. The quantitative estimate of drug-likeness (QED) is 0.423. The number of aromatic nitrogens is 1. The van der Waals surface area contributed by atoms with E-state index in [1.165, 1.54) is 12.3 Å². The van der Waals surface area contributed by atoms with Crippen LogP contribution in [0.15, 0.2) is 18.5 Å². The fourth-order valence-electron chi connectivity index (χ4n) is 1.40. The molecule has 1 aromatic heterocycles. The first-order valence-electron chi connectivity index (χ1n) is 4.83. The Morgan fingerprint density at radius 1 is 1.60 bits per heavy atom. The number of hydrogen-bond acceptors (Lipinski definition) is 4. The second-order valence-corrected chi connectivity index (χ2v) is 3.29. The third kappa shape index (κ3) is 3.91. The summed E-state index contributed by atoms with van der Waals surface area (Å²) in [5.41, 5.74) is 3.40. The van der Waals surface area contributed by atoms with Crippen LogP contribution >= 0.6 is 0 Å². The Labute approximate surface area is 88.6 Å². The average Bonchev–Trinajstić information content (AvgIpc) is 2.24. The lowest BCUT2D eigenvalue weighted by Crippen LogP contribution is -2.28. The SMILES string of the molecule is COCCCC(NN)c1cncc(F)c1. The minimum atomic E-state index is -0.348. The highest BCUT2D eigenvalue weighted by Crippen LogP contribution is 2.17. The average molecular weight is 213 g/mol. The second kappa shape index (κ2) is 6.44. The van der Waals surface area contributed by atoms with Crippen LogP contribution < -0.4 is 11.3 Å². The maximum Gasteiger partial charge on any atom is 0.141 e. The molecule has 0 radical (unpaired) electrons. The van der Waals surface area contributed by atoms with Gasteiger partial charge in [-0.05, 0) is 24.5 Å². The van der Waals surface area contributed by atoms with Gasteiger partial charge in [0.25, 0.3) is 0 Å². The maximum atomic E-state index is 12.9. The van der Waals surface area contributed by atoms with Gasteiger partial charge in [-0.15, -0.1) is 0 Å². The van der Waals surface area contributed by atoms with E-state index in [1.54, 1.807) is 13.3 Å². The molecular formula is C10H16FN3O. The summed E-state index contributed by atoms with van der Waals surface area (Å²) in [6.07, 6.45) is 4.43. The van der Waals surface area contributed by atoms with E-state index in [-0.39, 0.29) is 11.9 Å². The Morgan fingerprint density at radius 3 is 3.00 bits per heavy atom. The normalized spacial score (nSPS) is 12.7. The fraction of sp³-hybridized carbons (Fsp3) is 0.500. The van der Waals surface area contributed by atoms with Crippen LogP contribution in [0.5, 0.6) is 0 Å². The van der Waals surface area contributed by atoms with Gasteiger partial charge in [0, 0.05) is 26.0 Å². The monoisotopic (exact) mass is 213 g/mol. The van der Waals surface area contributed by atoms with Crippen molar-refractivity contribution in [1.82, 2.24) is 10.4 Å². The van der Waals surface area contributed by atoms with Gasteiger partial charge < -0.3 is 4.74 Å². The number of nitrogens with one attached hydrogen (secondary N) is 1. The van der Waals surface area contributed by atoms with Crippen LogP contribution in [0.1, 0.15) is 24.4 Å². The zero-order valence-electron chi connectivity index (χ0n) is 8.74. The van der Waals surface area contributed by atoms with Crippen molar-refractivity contribution in [3.8, 4) is 0 Å². The van der Waals surface area contributed by atoms with Crippen LogP contribution in [0, 0.1) is 5.82 Å².